The van der Waals surface area contributed by atoms with Crippen LogP contribution in [-0.2, 0) is 11.8 Å². The Morgan fingerprint density at radius 1 is 1.56 bits per heavy atom. The number of amides is 1. The molecule has 16 heavy (non-hydrogen) atoms. The van der Waals surface area contributed by atoms with Gasteiger partial charge in [-0.3, -0.25) is 19.6 Å². The van der Waals surface area contributed by atoms with E-state index in [4.69, 9.17) is 5.73 Å². The van der Waals surface area contributed by atoms with Gasteiger partial charge in [0.05, 0.1) is 12.0 Å². The molecule has 1 aromatic heterocycles. The zero-order valence-corrected chi connectivity index (χ0v) is 8.46. The molecule has 0 aliphatic carbocycles. The summed E-state index contributed by atoms with van der Waals surface area (Å²) in [5.41, 5.74) is 3.20. The van der Waals surface area contributed by atoms with Crippen LogP contribution < -0.4 is 5.73 Å². The summed E-state index contributed by atoms with van der Waals surface area (Å²) in [7, 11) is 2.31. The molecule has 0 aliphatic heterocycles. The molecule has 2 N–H and O–H groups in total. The largest absolute Gasteiger partial charge is 0.464 e. The molecule has 0 aromatic carbocycles. The average molecular weight is 228 g/mol. The minimum atomic E-state index is -1.04. The number of carbonyl (C=O) groups excluding carboxylic acids is 2. The van der Waals surface area contributed by atoms with Gasteiger partial charge in [-0.25, -0.2) is 4.79 Å². The molecule has 0 atom stereocenters. The van der Waals surface area contributed by atoms with Gasteiger partial charge >= 0.3 is 11.7 Å². The molecule has 1 heterocycles. The van der Waals surface area contributed by atoms with Crippen molar-refractivity contribution in [3.8, 4) is 0 Å². The Morgan fingerprint density at radius 3 is 2.50 bits per heavy atom. The molecule has 0 radical (unpaired) electrons. The monoisotopic (exact) mass is 228 g/mol. The van der Waals surface area contributed by atoms with Gasteiger partial charge in [-0.15, -0.1) is 0 Å². The Bertz CT molecular complexity index is 477. The highest BCUT2D eigenvalue weighted by molar-refractivity contribution is 6.01. The zero-order chi connectivity index (χ0) is 12.5. The van der Waals surface area contributed by atoms with Crippen molar-refractivity contribution in [3.63, 3.8) is 0 Å². The molecule has 0 spiro atoms. The van der Waals surface area contributed by atoms with E-state index in [2.05, 4.69) is 9.84 Å². The van der Waals surface area contributed by atoms with Crippen LogP contribution in [0.3, 0.4) is 0 Å². The van der Waals surface area contributed by atoms with Gasteiger partial charge in [0.1, 0.15) is 0 Å². The maximum absolute atomic E-state index is 11.2. The molecule has 9 nitrogen and oxygen atoms in total. The van der Waals surface area contributed by atoms with Gasteiger partial charge < -0.3 is 10.5 Å². The summed E-state index contributed by atoms with van der Waals surface area (Å²) < 4.78 is 5.17. The summed E-state index contributed by atoms with van der Waals surface area (Å²) >= 11 is 0. The van der Waals surface area contributed by atoms with E-state index in [-0.39, 0.29) is 0 Å². The number of hydrogen-bond acceptors (Lipinski definition) is 6. The Kier molecular flexibility index (Phi) is 2.88. The third kappa shape index (κ3) is 1.69. The molecule has 0 saturated heterocycles. The lowest BCUT2D eigenvalue weighted by atomic mass is 10.3. The smallest absolute Gasteiger partial charge is 0.365 e. The first kappa shape index (κ1) is 11.6. The number of aromatic nitrogens is 2. The average Bonchev–Trinajstić information content (AvgIpc) is 2.54. The highest BCUT2D eigenvalue weighted by atomic mass is 16.6. The fourth-order valence-electron chi connectivity index (χ4n) is 1.20. The van der Waals surface area contributed by atoms with Crippen LogP contribution >= 0.6 is 0 Å². The van der Waals surface area contributed by atoms with E-state index in [0.717, 1.165) is 11.8 Å². The van der Waals surface area contributed by atoms with Gasteiger partial charge in [0.15, 0.2) is 0 Å². The second-order valence-corrected chi connectivity index (χ2v) is 2.78. The number of nitrogens with two attached hydrogens (primary N) is 1. The minimum Gasteiger partial charge on any atom is -0.464 e. The third-order valence-corrected chi connectivity index (χ3v) is 1.82. The van der Waals surface area contributed by atoms with Crippen LogP contribution in [0.4, 0.5) is 5.69 Å². The third-order valence-electron chi connectivity index (χ3n) is 1.82. The number of nitrogens with zero attached hydrogens (tertiary/aromatic N) is 3. The Balaban J connectivity index is 3.53. The van der Waals surface area contributed by atoms with Crippen molar-refractivity contribution in [1.29, 1.82) is 0 Å². The fourth-order valence-corrected chi connectivity index (χ4v) is 1.20. The number of hydrogen-bond donors (Lipinski definition) is 1. The summed E-state index contributed by atoms with van der Waals surface area (Å²) in [6.07, 6.45) is 0. The van der Waals surface area contributed by atoms with E-state index in [0.29, 0.717) is 0 Å². The number of nitro groups is 1. The lowest BCUT2D eigenvalue weighted by molar-refractivity contribution is -0.385. The Morgan fingerprint density at radius 2 is 2.12 bits per heavy atom. The first-order valence-corrected chi connectivity index (χ1v) is 3.99. The number of ether oxygens (including phenoxy) is 1. The van der Waals surface area contributed by atoms with Crippen molar-refractivity contribution in [2.45, 2.75) is 0 Å². The second-order valence-electron chi connectivity index (χ2n) is 2.78. The lowest BCUT2D eigenvalue weighted by Crippen LogP contribution is -2.17. The normalized spacial score (nSPS) is 9.88. The van der Waals surface area contributed by atoms with Crippen LogP contribution in [0, 0.1) is 10.1 Å². The number of aryl methyl sites for hydroxylation is 1. The summed E-state index contributed by atoms with van der Waals surface area (Å²) in [4.78, 5) is 32.0. The molecular weight excluding hydrogens is 220 g/mol. The molecule has 1 aromatic rings. The maximum atomic E-state index is 11.2. The van der Waals surface area contributed by atoms with E-state index in [1.54, 1.807) is 0 Å². The Hall–Kier alpha value is -2.45. The molecule has 0 unspecified atom stereocenters. The van der Waals surface area contributed by atoms with E-state index < -0.39 is 33.9 Å². The molecule has 1 amide bonds. The summed E-state index contributed by atoms with van der Waals surface area (Å²) in [6.45, 7) is 0. The van der Waals surface area contributed by atoms with Gasteiger partial charge in [0.2, 0.25) is 11.4 Å². The number of rotatable bonds is 3. The first-order valence-electron chi connectivity index (χ1n) is 3.99. The lowest BCUT2D eigenvalue weighted by Gasteiger charge is -1.94. The topological polar surface area (TPSA) is 130 Å². The van der Waals surface area contributed by atoms with Crippen molar-refractivity contribution in [1.82, 2.24) is 9.78 Å². The molecule has 0 aliphatic rings. The van der Waals surface area contributed by atoms with Crippen molar-refractivity contribution < 1.29 is 19.2 Å². The predicted molar refractivity (Wildman–Crippen MR) is 49.7 cm³/mol. The van der Waals surface area contributed by atoms with Crippen LogP contribution in [0.15, 0.2) is 0 Å². The van der Waals surface area contributed by atoms with Gasteiger partial charge in [0, 0.05) is 7.05 Å². The van der Waals surface area contributed by atoms with E-state index in [1.807, 2.05) is 0 Å². The summed E-state index contributed by atoms with van der Waals surface area (Å²) in [5.74, 6) is -2.05. The highest BCUT2D eigenvalue weighted by Crippen LogP contribution is 2.23. The molecular formula is C7H8N4O5. The van der Waals surface area contributed by atoms with Crippen LogP contribution in [0.25, 0.3) is 0 Å². The van der Waals surface area contributed by atoms with Crippen LogP contribution in [0.5, 0.6) is 0 Å². The number of esters is 1. The molecule has 86 valence electrons. The second kappa shape index (κ2) is 3.96. The number of methoxy groups -OCH3 is 1. The Labute approximate surface area is 88.9 Å². The quantitative estimate of drug-likeness (QED) is 0.410. The summed E-state index contributed by atoms with van der Waals surface area (Å²) in [5, 5.41) is 14.2. The number of primary amides is 1. The van der Waals surface area contributed by atoms with Crippen molar-refractivity contribution in [2.24, 2.45) is 12.8 Å². The summed E-state index contributed by atoms with van der Waals surface area (Å²) in [6, 6.07) is 0. The molecule has 9 heteroatoms. The van der Waals surface area contributed by atoms with Gasteiger partial charge in [0.25, 0.3) is 5.91 Å². The highest BCUT2D eigenvalue weighted by Gasteiger charge is 2.34. The van der Waals surface area contributed by atoms with Crippen molar-refractivity contribution in [2.75, 3.05) is 7.11 Å². The maximum Gasteiger partial charge on any atom is 0.365 e. The zero-order valence-electron chi connectivity index (χ0n) is 8.46. The van der Waals surface area contributed by atoms with Crippen molar-refractivity contribution in [3.05, 3.63) is 21.5 Å². The molecule has 1 rings (SSSR count). The van der Waals surface area contributed by atoms with E-state index >= 15 is 0 Å². The van der Waals surface area contributed by atoms with Crippen LogP contribution in [0.2, 0.25) is 0 Å². The van der Waals surface area contributed by atoms with E-state index in [9.17, 15) is 19.7 Å². The molecule has 0 bridgehead atoms. The molecule has 0 fully saturated rings. The molecule has 0 saturated carbocycles. The van der Waals surface area contributed by atoms with Gasteiger partial charge in [-0.2, -0.15) is 5.10 Å². The van der Waals surface area contributed by atoms with Crippen LogP contribution in [0.1, 0.15) is 21.0 Å². The van der Waals surface area contributed by atoms with Gasteiger partial charge in [-0.05, 0) is 0 Å². The van der Waals surface area contributed by atoms with E-state index in [1.165, 1.54) is 7.05 Å². The predicted octanol–water partition coefficient (Wildman–Crippen LogP) is -0.786. The van der Waals surface area contributed by atoms with Crippen LogP contribution in [-0.4, -0.2) is 33.7 Å². The fraction of sp³-hybridized carbons (Fsp3) is 0.286. The SMILES string of the molecule is COC(=O)c1nn(C)c(C(N)=O)c1[N+](=O)[O-]. The minimum absolute atomic E-state index is 0.453. The van der Waals surface area contributed by atoms with Gasteiger partial charge in [-0.1, -0.05) is 0 Å². The standard InChI is InChI=1S/C7H8N4O5/c1-10-5(6(8)12)4(11(14)15)3(9-10)7(13)16-2/h1-2H3,(H2,8,12). The van der Waals surface area contributed by atoms with Crippen molar-refractivity contribution >= 4 is 17.6 Å². The first-order chi connectivity index (χ1) is 7.40. The number of carbonyl (C=O) groups is 2.